The van der Waals surface area contributed by atoms with E-state index in [0.29, 0.717) is 12.0 Å². The van der Waals surface area contributed by atoms with E-state index < -0.39 is 0 Å². The highest BCUT2D eigenvalue weighted by Crippen LogP contribution is 2.09. The number of aryl methyl sites for hydroxylation is 1. The fraction of sp³-hybridized carbons (Fsp3) is 0.692. The van der Waals surface area contributed by atoms with E-state index in [9.17, 15) is 0 Å². The first-order valence-electron chi connectivity index (χ1n) is 6.47. The Labute approximate surface area is 137 Å². The largest absolute Gasteiger partial charge is 0.354 e. The molecular weight excluding hydrogens is 371 g/mol. The van der Waals surface area contributed by atoms with Crippen LogP contribution in [0.2, 0.25) is 0 Å². The van der Waals surface area contributed by atoms with Crippen LogP contribution < -0.4 is 10.6 Å². The molecule has 0 aromatic carbocycles. The minimum atomic E-state index is 0. The highest BCUT2D eigenvalue weighted by Gasteiger charge is 2.09. The summed E-state index contributed by atoms with van der Waals surface area (Å²) in [5.74, 6) is 1.41. The number of aromatic nitrogens is 1. The second-order valence-electron chi connectivity index (χ2n) is 4.69. The molecule has 0 amide bonds. The number of nitrogens with one attached hydrogen (secondary N) is 2. The van der Waals surface area contributed by atoms with Crippen LogP contribution in [0.4, 0.5) is 0 Å². The fourth-order valence-corrected chi connectivity index (χ4v) is 2.09. The van der Waals surface area contributed by atoms with Gasteiger partial charge in [-0.1, -0.05) is 20.8 Å². The third-order valence-electron chi connectivity index (χ3n) is 2.93. The molecule has 0 saturated carbocycles. The maximum absolute atomic E-state index is 4.52. The number of hydrogen-bond acceptors (Lipinski definition) is 3. The molecule has 0 aliphatic heterocycles. The highest BCUT2D eigenvalue weighted by atomic mass is 127. The lowest BCUT2D eigenvalue weighted by atomic mass is 10.1. The molecule has 6 heteroatoms. The quantitative estimate of drug-likeness (QED) is 0.457. The van der Waals surface area contributed by atoms with Crippen molar-refractivity contribution < 1.29 is 0 Å². The molecule has 4 nitrogen and oxygen atoms in total. The second kappa shape index (κ2) is 9.52. The van der Waals surface area contributed by atoms with Gasteiger partial charge in [-0.05, 0) is 19.3 Å². The number of aliphatic imine (C=N–C) groups is 1. The molecule has 1 unspecified atom stereocenters. The predicted molar refractivity (Wildman–Crippen MR) is 94.5 cm³/mol. The summed E-state index contributed by atoms with van der Waals surface area (Å²) in [6, 6.07) is 0.401. The summed E-state index contributed by atoms with van der Waals surface area (Å²) in [7, 11) is 1.79. The molecule has 0 radical (unpaired) electrons. The van der Waals surface area contributed by atoms with Gasteiger partial charge in [0.1, 0.15) is 0 Å². The topological polar surface area (TPSA) is 49.3 Å². The number of rotatable bonds is 5. The van der Waals surface area contributed by atoms with Gasteiger partial charge in [0.05, 0.1) is 17.2 Å². The first kappa shape index (κ1) is 18.6. The molecule has 0 aliphatic rings. The Balaban J connectivity index is 0.00000324. The predicted octanol–water partition coefficient (Wildman–Crippen LogP) is 3.03. The van der Waals surface area contributed by atoms with E-state index in [1.807, 2.05) is 0 Å². The maximum atomic E-state index is 4.52. The minimum absolute atomic E-state index is 0. The Hall–Kier alpha value is -0.370. The Kier molecular flexibility index (Phi) is 9.34. The number of halogens is 1. The summed E-state index contributed by atoms with van der Waals surface area (Å²) < 4.78 is 0. The molecule has 1 atom stereocenters. The zero-order valence-corrected chi connectivity index (χ0v) is 15.5. The smallest absolute Gasteiger partial charge is 0.191 e. The molecular formula is C13H25IN4S. The summed E-state index contributed by atoms with van der Waals surface area (Å²) in [6.45, 7) is 9.40. The average molecular weight is 396 g/mol. The van der Waals surface area contributed by atoms with Gasteiger partial charge in [0, 0.05) is 18.5 Å². The van der Waals surface area contributed by atoms with E-state index >= 15 is 0 Å². The van der Waals surface area contributed by atoms with Crippen LogP contribution in [0.15, 0.2) is 10.4 Å². The Morgan fingerprint density at radius 3 is 2.58 bits per heavy atom. The third-order valence-corrected chi connectivity index (χ3v) is 3.97. The van der Waals surface area contributed by atoms with Gasteiger partial charge in [-0.2, -0.15) is 0 Å². The van der Waals surface area contributed by atoms with Crippen LogP contribution in [0.5, 0.6) is 0 Å². The van der Waals surface area contributed by atoms with E-state index in [1.165, 1.54) is 5.01 Å². The van der Waals surface area contributed by atoms with Crippen LogP contribution in [0.1, 0.15) is 38.4 Å². The second-order valence-corrected chi connectivity index (χ2v) is 5.63. The zero-order chi connectivity index (χ0) is 13.5. The number of thiazole rings is 1. The van der Waals surface area contributed by atoms with E-state index in [0.717, 1.165) is 24.6 Å². The molecule has 1 aromatic rings. The van der Waals surface area contributed by atoms with Crippen molar-refractivity contribution in [3.8, 4) is 0 Å². The van der Waals surface area contributed by atoms with Gasteiger partial charge in [0.25, 0.3) is 0 Å². The molecule has 2 N–H and O–H groups in total. The van der Waals surface area contributed by atoms with Gasteiger partial charge < -0.3 is 10.6 Å². The van der Waals surface area contributed by atoms with Crippen molar-refractivity contribution >= 4 is 41.3 Å². The van der Waals surface area contributed by atoms with Crippen LogP contribution in [0.3, 0.4) is 0 Å². The van der Waals surface area contributed by atoms with Gasteiger partial charge in [-0.3, -0.25) is 4.99 Å². The molecule has 0 spiro atoms. The lowest BCUT2D eigenvalue weighted by Crippen LogP contribution is -2.43. The van der Waals surface area contributed by atoms with E-state index in [4.69, 9.17) is 0 Å². The Bertz CT molecular complexity index is 390. The SMILES string of the molecule is CCc1nc(CNC(=NC)NC(C)C(C)C)cs1.I. The van der Waals surface area contributed by atoms with Gasteiger partial charge >= 0.3 is 0 Å². The molecule has 0 fully saturated rings. The van der Waals surface area contributed by atoms with Gasteiger partial charge in [0.15, 0.2) is 5.96 Å². The van der Waals surface area contributed by atoms with Crippen molar-refractivity contribution in [2.24, 2.45) is 10.9 Å². The van der Waals surface area contributed by atoms with E-state index in [-0.39, 0.29) is 24.0 Å². The molecule has 110 valence electrons. The molecule has 19 heavy (non-hydrogen) atoms. The monoisotopic (exact) mass is 396 g/mol. The molecule has 0 aliphatic carbocycles. The lowest BCUT2D eigenvalue weighted by Gasteiger charge is -2.20. The van der Waals surface area contributed by atoms with Gasteiger partial charge in [-0.15, -0.1) is 35.3 Å². The van der Waals surface area contributed by atoms with Crippen molar-refractivity contribution in [3.05, 3.63) is 16.1 Å². The zero-order valence-electron chi connectivity index (χ0n) is 12.4. The lowest BCUT2D eigenvalue weighted by molar-refractivity contribution is 0.480. The maximum Gasteiger partial charge on any atom is 0.191 e. The van der Waals surface area contributed by atoms with E-state index in [2.05, 4.69) is 53.7 Å². The molecule has 1 aromatic heterocycles. The summed E-state index contributed by atoms with van der Waals surface area (Å²) in [5.41, 5.74) is 1.08. The first-order valence-corrected chi connectivity index (χ1v) is 7.35. The molecule has 0 saturated heterocycles. The standard InChI is InChI=1S/C13H24N4S.HI/c1-6-12-17-11(8-18-12)7-15-13(14-5)16-10(4)9(2)3;/h8-10H,6-7H2,1-5H3,(H2,14,15,16);1H. The Morgan fingerprint density at radius 1 is 1.42 bits per heavy atom. The van der Waals surface area contributed by atoms with Crippen molar-refractivity contribution in [1.29, 1.82) is 0 Å². The van der Waals surface area contributed by atoms with Crippen molar-refractivity contribution in [2.45, 2.75) is 46.7 Å². The summed E-state index contributed by atoms with van der Waals surface area (Å²) in [6.07, 6.45) is 1.00. The minimum Gasteiger partial charge on any atom is -0.354 e. The number of guanidine groups is 1. The van der Waals surface area contributed by atoms with Gasteiger partial charge in [-0.25, -0.2) is 4.98 Å². The summed E-state index contributed by atoms with van der Waals surface area (Å²) in [5, 5.41) is 9.95. The molecule has 0 bridgehead atoms. The Morgan fingerprint density at radius 2 is 2.11 bits per heavy atom. The van der Waals surface area contributed by atoms with Crippen LogP contribution in [-0.4, -0.2) is 24.0 Å². The highest BCUT2D eigenvalue weighted by molar-refractivity contribution is 14.0. The number of hydrogen-bond donors (Lipinski definition) is 2. The fourth-order valence-electron chi connectivity index (χ4n) is 1.34. The normalized spacial score (nSPS) is 13.1. The summed E-state index contributed by atoms with van der Waals surface area (Å²) in [4.78, 5) is 8.74. The van der Waals surface area contributed by atoms with E-state index in [1.54, 1.807) is 18.4 Å². The van der Waals surface area contributed by atoms with Gasteiger partial charge in [0.2, 0.25) is 0 Å². The first-order chi connectivity index (χ1) is 8.56. The van der Waals surface area contributed by atoms with Crippen LogP contribution >= 0.6 is 35.3 Å². The average Bonchev–Trinajstić information content (AvgIpc) is 2.81. The van der Waals surface area contributed by atoms with Crippen molar-refractivity contribution in [2.75, 3.05) is 7.05 Å². The third kappa shape index (κ3) is 6.56. The number of nitrogens with zero attached hydrogens (tertiary/aromatic N) is 2. The molecule has 1 heterocycles. The van der Waals surface area contributed by atoms with Crippen molar-refractivity contribution in [1.82, 2.24) is 15.6 Å². The summed E-state index contributed by atoms with van der Waals surface area (Å²) >= 11 is 1.72. The van der Waals surface area contributed by atoms with Crippen LogP contribution in [0.25, 0.3) is 0 Å². The molecule has 1 rings (SSSR count). The van der Waals surface area contributed by atoms with Crippen molar-refractivity contribution in [3.63, 3.8) is 0 Å². The van der Waals surface area contributed by atoms with Crippen LogP contribution in [0, 0.1) is 5.92 Å². The van der Waals surface area contributed by atoms with Crippen LogP contribution in [-0.2, 0) is 13.0 Å².